The summed E-state index contributed by atoms with van der Waals surface area (Å²) in [5.74, 6) is 0.956. The molecule has 2 heterocycles. The van der Waals surface area contributed by atoms with Crippen molar-refractivity contribution in [3.05, 3.63) is 7.05 Å². The summed E-state index contributed by atoms with van der Waals surface area (Å²) in [5, 5.41) is 3.51. The molecule has 0 aromatic rings. The van der Waals surface area contributed by atoms with Gasteiger partial charge in [0.15, 0.2) is 0 Å². The molecule has 2 atom stereocenters. The summed E-state index contributed by atoms with van der Waals surface area (Å²) in [4.78, 5) is 2.18. The third-order valence-corrected chi connectivity index (χ3v) is 2.76. The predicted molar refractivity (Wildman–Crippen MR) is 41.4 cm³/mol. The van der Waals surface area contributed by atoms with Gasteiger partial charge in [-0.15, -0.1) is 0 Å². The van der Waals surface area contributed by atoms with Gasteiger partial charge in [0, 0.05) is 6.04 Å². The zero-order valence-electron chi connectivity index (χ0n) is 6.34. The average Bonchev–Trinajstić information content (AvgIpc) is 2.33. The van der Waals surface area contributed by atoms with Crippen molar-refractivity contribution in [2.45, 2.75) is 18.9 Å². The zero-order chi connectivity index (χ0) is 6.97. The topological polar surface area (TPSA) is 15.3 Å². The van der Waals surface area contributed by atoms with Crippen molar-refractivity contribution in [1.82, 2.24) is 10.2 Å². The molecule has 0 bridgehead atoms. The molecule has 2 aliphatic rings. The highest BCUT2D eigenvalue weighted by Gasteiger charge is 2.29. The molecule has 2 heteroatoms. The lowest BCUT2D eigenvalue weighted by molar-refractivity contribution is 0.217. The van der Waals surface area contributed by atoms with Crippen LogP contribution < -0.4 is 5.32 Å². The van der Waals surface area contributed by atoms with Crippen LogP contribution in [-0.4, -0.2) is 30.6 Å². The minimum absolute atomic E-state index is 0.756. The molecule has 0 unspecified atom stereocenters. The fourth-order valence-corrected chi connectivity index (χ4v) is 2.10. The lowest BCUT2D eigenvalue weighted by atomic mass is 9.93. The van der Waals surface area contributed by atoms with Crippen LogP contribution in [0.25, 0.3) is 0 Å². The molecule has 1 N–H and O–H groups in total. The van der Waals surface area contributed by atoms with Gasteiger partial charge in [-0.2, -0.15) is 0 Å². The van der Waals surface area contributed by atoms with E-state index in [1.807, 2.05) is 0 Å². The van der Waals surface area contributed by atoms with Crippen LogP contribution in [-0.2, 0) is 0 Å². The Kier molecular flexibility index (Phi) is 1.66. The highest BCUT2D eigenvalue weighted by atomic mass is 15.1. The molecule has 0 aliphatic carbocycles. The summed E-state index contributed by atoms with van der Waals surface area (Å²) in [6.45, 7) is 3.58. The van der Waals surface area contributed by atoms with Crippen LogP contribution >= 0.6 is 0 Å². The van der Waals surface area contributed by atoms with E-state index < -0.39 is 0 Å². The Morgan fingerprint density at radius 1 is 1.40 bits per heavy atom. The molecule has 10 heavy (non-hydrogen) atoms. The maximum Gasteiger partial charge on any atom is 0.0200 e. The Morgan fingerprint density at radius 3 is 3.20 bits per heavy atom. The van der Waals surface area contributed by atoms with Crippen molar-refractivity contribution in [3.8, 4) is 0 Å². The van der Waals surface area contributed by atoms with Gasteiger partial charge < -0.3 is 10.2 Å². The standard InChI is InChI=1S/C8H15N2/c1-10-5-3-7-2-4-9-8(7)6-10/h7-9H,1-6H2/q-1/t7-,8+/m1/s1. The maximum atomic E-state index is 3.95. The smallest absolute Gasteiger partial charge is 0.0200 e. The van der Waals surface area contributed by atoms with E-state index in [1.165, 1.54) is 25.9 Å². The monoisotopic (exact) mass is 139 g/mol. The fraction of sp³-hybridized carbons (Fsp3) is 0.875. The first kappa shape index (κ1) is 6.62. The van der Waals surface area contributed by atoms with Crippen molar-refractivity contribution in [3.63, 3.8) is 0 Å². The SMILES string of the molecule is [CH2-]N1CC[C@H]2CCN[C@H]2C1. The molecule has 0 amide bonds. The number of nitrogens with one attached hydrogen (secondary N) is 1. The van der Waals surface area contributed by atoms with Crippen LogP contribution in [0.4, 0.5) is 0 Å². The molecule has 2 nitrogen and oxygen atoms in total. The van der Waals surface area contributed by atoms with Gasteiger partial charge in [-0.25, -0.2) is 0 Å². The van der Waals surface area contributed by atoms with Crippen molar-refractivity contribution >= 4 is 0 Å². The Hall–Kier alpha value is -0.0800. The van der Waals surface area contributed by atoms with Gasteiger partial charge >= 0.3 is 0 Å². The van der Waals surface area contributed by atoms with E-state index in [0.717, 1.165) is 18.5 Å². The van der Waals surface area contributed by atoms with Crippen LogP contribution in [0.5, 0.6) is 0 Å². The van der Waals surface area contributed by atoms with E-state index in [4.69, 9.17) is 0 Å². The third kappa shape index (κ3) is 1.06. The van der Waals surface area contributed by atoms with Crippen LogP contribution in [0.3, 0.4) is 0 Å². The maximum absolute atomic E-state index is 3.95. The molecule has 58 valence electrons. The van der Waals surface area contributed by atoms with Gasteiger partial charge in [-0.1, -0.05) is 0 Å². The Labute approximate surface area is 62.6 Å². The Morgan fingerprint density at radius 2 is 2.30 bits per heavy atom. The van der Waals surface area contributed by atoms with E-state index in [9.17, 15) is 0 Å². The zero-order valence-corrected chi connectivity index (χ0v) is 6.34. The molecule has 2 fully saturated rings. The van der Waals surface area contributed by atoms with Gasteiger partial charge in [-0.05, 0) is 38.4 Å². The van der Waals surface area contributed by atoms with E-state index in [0.29, 0.717) is 0 Å². The van der Waals surface area contributed by atoms with Gasteiger partial charge in [-0.3, -0.25) is 7.05 Å². The molecule has 0 aromatic heterocycles. The van der Waals surface area contributed by atoms with Crippen molar-refractivity contribution in [1.29, 1.82) is 0 Å². The molecule has 0 saturated carbocycles. The second-order valence-electron chi connectivity index (χ2n) is 3.48. The summed E-state index contributed by atoms with van der Waals surface area (Å²) in [7, 11) is 3.95. The van der Waals surface area contributed by atoms with Crippen LogP contribution in [0, 0.1) is 13.0 Å². The predicted octanol–water partition coefficient (Wildman–Crippen LogP) is 0.462. The minimum Gasteiger partial charge on any atom is -0.458 e. The lowest BCUT2D eigenvalue weighted by Crippen LogP contribution is -2.43. The van der Waals surface area contributed by atoms with Crippen LogP contribution in [0.2, 0.25) is 0 Å². The number of fused-ring (bicyclic) bond motifs is 1. The molecule has 2 saturated heterocycles. The van der Waals surface area contributed by atoms with Crippen molar-refractivity contribution in [2.24, 2.45) is 5.92 Å². The molecule has 2 aliphatic heterocycles. The summed E-state index contributed by atoms with van der Waals surface area (Å²) in [5.41, 5.74) is 0. The fourth-order valence-electron chi connectivity index (χ4n) is 2.10. The van der Waals surface area contributed by atoms with E-state index in [2.05, 4.69) is 17.3 Å². The minimum atomic E-state index is 0.756. The first-order valence-electron chi connectivity index (χ1n) is 4.15. The number of piperidine rings is 1. The van der Waals surface area contributed by atoms with Crippen LogP contribution in [0.15, 0.2) is 0 Å². The normalized spacial score (nSPS) is 41.7. The highest BCUT2D eigenvalue weighted by Crippen LogP contribution is 2.24. The van der Waals surface area contributed by atoms with Crippen molar-refractivity contribution < 1.29 is 0 Å². The largest absolute Gasteiger partial charge is 0.458 e. The van der Waals surface area contributed by atoms with Crippen molar-refractivity contribution in [2.75, 3.05) is 19.6 Å². The lowest BCUT2D eigenvalue weighted by Gasteiger charge is -2.37. The van der Waals surface area contributed by atoms with Gasteiger partial charge in [0.1, 0.15) is 0 Å². The first-order chi connectivity index (χ1) is 4.86. The second kappa shape index (κ2) is 2.51. The molecular weight excluding hydrogens is 124 g/mol. The third-order valence-electron chi connectivity index (χ3n) is 2.76. The summed E-state index contributed by atoms with van der Waals surface area (Å²) in [6, 6.07) is 0.756. The molecule has 0 radical (unpaired) electrons. The first-order valence-corrected chi connectivity index (χ1v) is 4.15. The van der Waals surface area contributed by atoms with E-state index in [1.54, 1.807) is 0 Å². The number of hydrogen-bond donors (Lipinski definition) is 1. The van der Waals surface area contributed by atoms with Gasteiger partial charge in [0.05, 0.1) is 0 Å². The second-order valence-corrected chi connectivity index (χ2v) is 3.48. The Bertz CT molecular complexity index is 124. The number of nitrogens with zero attached hydrogens (tertiary/aromatic N) is 1. The number of hydrogen-bond acceptors (Lipinski definition) is 2. The summed E-state index contributed by atoms with van der Waals surface area (Å²) < 4.78 is 0. The van der Waals surface area contributed by atoms with E-state index in [-0.39, 0.29) is 0 Å². The van der Waals surface area contributed by atoms with E-state index >= 15 is 0 Å². The summed E-state index contributed by atoms with van der Waals surface area (Å²) in [6.07, 6.45) is 2.74. The highest BCUT2D eigenvalue weighted by molar-refractivity contribution is 4.90. The summed E-state index contributed by atoms with van der Waals surface area (Å²) >= 11 is 0. The molecule has 2 rings (SSSR count). The molecular formula is C8H15N2-. The Balaban J connectivity index is 1.96. The number of rotatable bonds is 0. The van der Waals surface area contributed by atoms with Gasteiger partial charge in [0.25, 0.3) is 0 Å². The quantitative estimate of drug-likeness (QED) is 0.490. The average molecular weight is 139 g/mol. The number of likely N-dealkylation sites (tertiary alicyclic amines) is 1. The molecule has 0 spiro atoms. The van der Waals surface area contributed by atoms with Gasteiger partial charge in [0.2, 0.25) is 0 Å². The van der Waals surface area contributed by atoms with Crippen LogP contribution in [0.1, 0.15) is 12.8 Å². The molecule has 0 aromatic carbocycles.